The Morgan fingerprint density at radius 1 is 1.24 bits per heavy atom. The van der Waals surface area contributed by atoms with Gasteiger partial charge < -0.3 is 5.11 Å². The average Bonchev–Trinajstić information content (AvgIpc) is 2.70. The zero-order valence-corrected chi connectivity index (χ0v) is 11.2. The molecule has 1 N–H and O–H groups in total. The van der Waals surface area contributed by atoms with Gasteiger partial charge in [-0.25, -0.2) is 0 Å². The molecule has 17 heavy (non-hydrogen) atoms. The van der Waals surface area contributed by atoms with Gasteiger partial charge in [0.1, 0.15) is 0 Å². The molecular weight excluding hydrogens is 208 g/mol. The van der Waals surface area contributed by atoms with Crippen molar-refractivity contribution in [1.29, 1.82) is 0 Å². The van der Waals surface area contributed by atoms with E-state index in [-0.39, 0.29) is 6.10 Å². The smallest absolute Gasteiger partial charge is 0.0611 e. The van der Waals surface area contributed by atoms with Gasteiger partial charge in [0.2, 0.25) is 0 Å². The summed E-state index contributed by atoms with van der Waals surface area (Å²) < 4.78 is 0. The first kappa shape index (κ1) is 12.6. The average molecular weight is 232 g/mol. The molecule has 1 fully saturated rings. The van der Waals surface area contributed by atoms with Gasteiger partial charge in [-0.05, 0) is 55.2 Å². The van der Waals surface area contributed by atoms with Crippen LogP contribution in [0.3, 0.4) is 0 Å². The maximum atomic E-state index is 10.4. The fourth-order valence-corrected chi connectivity index (χ4v) is 3.28. The number of aliphatic hydroxyl groups excluding tert-OH is 1. The van der Waals surface area contributed by atoms with Gasteiger partial charge in [-0.1, -0.05) is 38.0 Å². The largest absolute Gasteiger partial charge is 0.392 e. The molecule has 0 aliphatic heterocycles. The van der Waals surface area contributed by atoms with Crippen LogP contribution < -0.4 is 0 Å². The van der Waals surface area contributed by atoms with Gasteiger partial charge in [0.15, 0.2) is 0 Å². The van der Waals surface area contributed by atoms with Crippen LogP contribution in [-0.4, -0.2) is 11.2 Å². The van der Waals surface area contributed by atoms with Crippen molar-refractivity contribution in [2.24, 2.45) is 11.8 Å². The van der Waals surface area contributed by atoms with E-state index in [0.29, 0.717) is 11.8 Å². The van der Waals surface area contributed by atoms with E-state index in [1.54, 1.807) is 0 Å². The van der Waals surface area contributed by atoms with Crippen LogP contribution >= 0.6 is 0 Å². The number of benzene rings is 1. The first-order chi connectivity index (χ1) is 8.09. The predicted molar refractivity (Wildman–Crippen MR) is 72.1 cm³/mol. The number of aliphatic hydroxyl groups is 1. The summed E-state index contributed by atoms with van der Waals surface area (Å²) in [5.41, 5.74) is 3.98. The fourth-order valence-electron chi connectivity index (χ4n) is 3.28. The maximum absolute atomic E-state index is 10.4. The van der Waals surface area contributed by atoms with Crippen LogP contribution in [0.5, 0.6) is 0 Å². The number of hydrogen-bond donors (Lipinski definition) is 1. The van der Waals surface area contributed by atoms with Crippen molar-refractivity contribution < 1.29 is 5.11 Å². The molecular formula is C16H24O. The van der Waals surface area contributed by atoms with E-state index in [0.717, 1.165) is 6.42 Å². The van der Waals surface area contributed by atoms with E-state index in [2.05, 4.69) is 39.0 Å². The molecule has 1 aliphatic carbocycles. The van der Waals surface area contributed by atoms with Crippen LogP contribution in [0.25, 0.3) is 0 Å². The van der Waals surface area contributed by atoms with E-state index in [4.69, 9.17) is 0 Å². The highest BCUT2D eigenvalue weighted by Crippen LogP contribution is 2.35. The molecule has 0 heterocycles. The third kappa shape index (κ3) is 2.71. The highest BCUT2D eigenvalue weighted by atomic mass is 16.3. The van der Waals surface area contributed by atoms with Gasteiger partial charge in [0, 0.05) is 0 Å². The highest BCUT2D eigenvalue weighted by Gasteiger charge is 2.30. The molecule has 0 spiro atoms. The quantitative estimate of drug-likeness (QED) is 0.843. The minimum atomic E-state index is -0.160. The normalized spacial score (nSPS) is 26.1. The Labute approximate surface area is 105 Å². The first-order valence-corrected chi connectivity index (χ1v) is 6.82. The zero-order chi connectivity index (χ0) is 12.4. The predicted octanol–water partition coefficient (Wildman–Crippen LogP) is 3.64. The topological polar surface area (TPSA) is 20.2 Å². The lowest BCUT2D eigenvalue weighted by Gasteiger charge is -2.23. The number of hydrogen-bond acceptors (Lipinski definition) is 1. The molecule has 3 unspecified atom stereocenters. The molecule has 1 saturated carbocycles. The molecule has 1 heteroatoms. The van der Waals surface area contributed by atoms with Gasteiger partial charge in [-0.2, -0.15) is 0 Å². The monoisotopic (exact) mass is 232 g/mol. The maximum Gasteiger partial charge on any atom is 0.0611 e. The third-order valence-electron chi connectivity index (χ3n) is 4.48. The Hall–Kier alpha value is -0.820. The second kappa shape index (κ2) is 5.22. The molecule has 0 radical (unpaired) electrons. The van der Waals surface area contributed by atoms with Crippen molar-refractivity contribution >= 4 is 0 Å². The van der Waals surface area contributed by atoms with E-state index in [9.17, 15) is 5.11 Å². The lowest BCUT2D eigenvalue weighted by molar-refractivity contribution is 0.0899. The van der Waals surface area contributed by atoms with Gasteiger partial charge in [-0.3, -0.25) is 0 Å². The van der Waals surface area contributed by atoms with Crippen LogP contribution in [0.2, 0.25) is 0 Å². The SMILES string of the molecule is Cc1cccc(C)c1CC(O)C1CCCC1C. The molecule has 0 saturated heterocycles. The molecule has 0 amide bonds. The second-order valence-electron chi connectivity index (χ2n) is 5.71. The van der Waals surface area contributed by atoms with E-state index >= 15 is 0 Å². The van der Waals surface area contributed by atoms with Gasteiger partial charge in [0.25, 0.3) is 0 Å². The molecule has 3 atom stereocenters. The standard InChI is InChI=1S/C16H24O/c1-11-8-5-9-14(11)16(17)10-15-12(2)6-4-7-13(15)3/h4,6-7,11,14,16-17H,5,8-10H2,1-3H3. The second-order valence-corrected chi connectivity index (χ2v) is 5.71. The molecule has 1 aliphatic rings. The summed E-state index contributed by atoms with van der Waals surface area (Å²) in [5.74, 6) is 1.20. The Morgan fingerprint density at radius 3 is 2.41 bits per heavy atom. The Kier molecular flexibility index (Phi) is 3.88. The van der Waals surface area contributed by atoms with Crippen molar-refractivity contribution in [2.45, 2.75) is 52.6 Å². The Morgan fingerprint density at radius 2 is 1.88 bits per heavy atom. The molecule has 1 aromatic carbocycles. The summed E-state index contributed by atoms with van der Waals surface area (Å²) in [6.45, 7) is 6.58. The summed E-state index contributed by atoms with van der Waals surface area (Å²) in [5, 5.41) is 10.4. The van der Waals surface area contributed by atoms with Crippen LogP contribution in [0, 0.1) is 25.7 Å². The van der Waals surface area contributed by atoms with E-state index in [1.165, 1.54) is 36.0 Å². The van der Waals surface area contributed by atoms with Crippen LogP contribution in [0.15, 0.2) is 18.2 Å². The Balaban J connectivity index is 2.10. The molecule has 0 aromatic heterocycles. The zero-order valence-electron chi connectivity index (χ0n) is 11.2. The van der Waals surface area contributed by atoms with Gasteiger partial charge >= 0.3 is 0 Å². The lowest BCUT2D eigenvalue weighted by Crippen LogP contribution is -2.25. The molecule has 1 aromatic rings. The highest BCUT2D eigenvalue weighted by molar-refractivity contribution is 5.34. The van der Waals surface area contributed by atoms with Gasteiger partial charge in [0.05, 0.1) is 6.10 Å². The first-order valence-electron chi connectivity index (χ1n) is 6.82. The van der Waals surface area contributed by atoms with Crippen molar-refractivity contribution in [3.8, 4) is 0 Å². The van der Waals surface area contributed by atoms with Crippen LogP contribution in [-0.2, 0) is 6.42 Å². The minimum absolute atomic E-state index is 0.160. The van der Waals surface area contributed by atoms with Crippen molar-refractivity contribution in [3.05, 3.63) is 34.9 Å². The third-order valence-corrected chi connectivity index (χ3v) is 4.48. The van der Waals surface area contributed by atoms with Crippen molar-refractivity contribution in [3.63, 3.8) is 0 Å². The summed E-state index contributed by atoms with van der Waals surface area (Å²) in [6.07, 6.45) is 4.44. The molecule has 94 valence electrons. The minimum Gasteiger partial charge on any atom is -0.392 e. The van der Waals surface area contributed by atoms with Crippen molar-refractivity contribution in [2.75, 3.05) is 0 Å². The van der Waals surface area contributed by atoms with Crippen molar-refractivity contribution in [1.82, 2.24) is 0 Å². The fraction of sp³-hybridized carbons (Fsp3) is 0.625. The van der Waals surface area contributed by atoms with Gasteiger partial charge in [-0.15, -0.1) is 0 Å². The molecule has 1 nitrogen and oxygen atoms in total. The molecule has 0 bridgehead atoms. The molecule has 2 rings (SSSR count). The number of aryl methyl sites for hydroxylation is 2. The summed E-state index contributed by atoms with van der Waals surface area (Å²) in [7, 11) is 0. The summed E-state index contributed by atoms with van der Waals surface area (Å²) >= 11 is 0. The lowest BCUT2D eigenvalue weighted by atomic mass is 9.86. The Bertz CT molecular complexity index is 363. The van der Waals surface area contributed by atoms with Crippen LogP contribution in [0.1, 0.15) is 42.9 Å². The van der Waals surface area contributed by atoms with E-state index in [1.807, 2.05) is 0 Å². The summed E-state index contributed by atoms with van der Waals surface area (Å²) in [6, 6.07) is 6.39. The number of rotatable bonds is 3. The summed E-state index contributed by atoms with van der Waals surface area (Å²) in [4.78, 5) is 0. The van der Waals surface area contributed by atoms with E-state index < -0.39 is 0 Å². The van der Waals surface area contributed by atoms with Crippen LogP contribution in [0.4, 0.5) is 0 Å².